The van der Waals surface area contributed by atoms with Crippen molar-refractivity contribution in [2.24, 2.45) is 0 Å². The highest BCUT2D eigenvalue weighted by Gasteiger charge is 2.24. The van der Waals surface area contributed by atoms with Crippen molar-refractivity contribution in [1.29, 1.82) is 0 Å². The summed E-state index contributed by atoms with van der Waals surface area (Å²) in [5, 5.41) is 3.09. The molecule has 0 aliphatic carbocycles. The molecule has 2 aliphatic heterocycles. The van der Waals surface area contributed by atoms with Gasteiger partial charge in [0, 0.05) is 60.2 Å². The number of ether oxygens (including phenoxy) is 2. The minimum Gasteiger partial charge on any atom is -0.486 e. The number of rotatable bonds is 5. The van der Waals surface area contributed by atoms with Crippen LogP contribution >= 0.6 is 11.3 Å². The summed E-state index contributed by atoms with van der Waals surface area (Å²) < 4.78 is 12.8. The van der Waals surface area contributed by atoms with E-state index in [1.54, 1.807) is 11.3 Å². The Morgan fingerprint density at radius 2 is 1.79 bits per heavy atom. The molecule has 5 nitrogen and oxygen atoms in total. The number of hydrogen-bond donors (Lipinski definition) is 0. The zero-order chi connectivity index (χ0) is 19.6. The van der Waals surface area contributed by atoms with Gasteiger partial charge in [-0.3, -0.25) is 9.69 Å². The fourth-order valence-electron chi connectivity index (χ4n) is 4.11. The van der Waals surface area contributed by atoms with Crippen LogP contribution in [0, 0.1) is 0 Å². The van der Waals surface area contributed by atoms with Crippen molar-refractivity contribution in [3.8, 4) is 11.5 Å². The first-order valence-electron chi connectivity index (χ1n) is 10.1. The monoisotopic (exact) mass is 408 g/mol. The van der Waals surface area contributed by atoms with Crippen LogP contribution < -0.4 is 14.4 Å². The Hall–Kier alpha value is -2.57. The van der Waals surface area contributed by atoms with Crippen LogP contribution in [0.25, 0.3) is 10.1 Å². The predicted octanol–water partition coefficient (Wildman–Crippen LogP) is 4.07. The number of anilines is 1. The molecule has 0 atom stereocenters. The number of fused-ring (bicyclic) bond motifs is 2. The zero-order valence-electron chi connectivity index (χ0n) is 16.3. The van der Waals surface area contributed by atoms with Crippen LogP contribution in [0.5, 0.6) is 11.5 Å². The lowest BCUT2D eigenvalue weighted by atomic mass is 10.1. The highest BCUT2D eigenvalue weighted by molar-refractivity contribution is 7.17. The van der Waals surface area contributed by atoms with E-state index in [4.69, 9.17) is 9.47 Å². The number of nitrogens with zero attached hydrogens (tertiary/aromatic N) is 2. The maximum Gasteiger partial charge on any atom is 0.184 e. The number of hydrogen-bond acceptors (Lipinski definition) is 6. The second-order valence-corrected chi connectivity index (χ2v) is 8.36. The van der Waals surface area contributed by atoms with Crippen LogP contribution in [0.15, 0.2) is 47.8 Å². The lowest BCUT2D eigenvalue weighted by Gasteiger charge is -2.37. The summed E-state index contributed by atoms with van der Waals surface area (Å²) >= 11 is 1.65. The lowest BCUT2D eigenvalue weighted by Crippen LogP contribution is -2.47. The summed E-state index contributed by atoms with van der Waals surface area (Å²) in [7, 11) is 0. The molecule has 0 N–H and O–H groups in total. The fourth-order valence-corrected chi connectivity index (χ4v) is 5.07. The van der Waals surface area contributed by atoms with Crippen molar-refractivity contribution < 1.29 is 14.3 Å². The molecule has 0 saturated carbocycles. The molecule has 1 saturated heterocycles. The van der Waals surface area contributed by atoms with Crippen LogP contribution in [0.2, 0.25) is 0 Å². The molecular formula is C23H24N2O3S. The molecule has 0 radical (unpaired) electrons. The second kappa shape index (κ2) is 8.05. The summed E-state index contributed by atoms with van der Waals surface area (Å²) in [5.41, 5.74) is 1.99. The van der Waals surface area contributed by atoms with Crippen LogP contribution in [0.3, 0.4) is 0 Å². The number of carbonyl (C=O) groups is 1. The Balaban J connectivity index is 1.18. The average molecular weight is 409 g/mol. The molecule has 150 valence electrons. The Bertz CT molecular complexity index is 1020. The van der Waals surface area contributed by atoms with E-state index in [2.05, 4.69) is 21.9 Å². The highest BCUT2D eigenvalue weighted by atomic mass is 32.1. The van der Waals surface area contributed by atoms with Crippen molar-refractivity contribution in [1.82, 2.24) is 4.90 Å². The highest BCUT2D eigenvalue weighted by Crippen LogP contribution is 2.39. The van der Waals surface area contributed by atoms with Crippen LogP contribution in [0.1, 0.15) is 16.8 Å². The molecule has 3 heterocycles. The molecule has 2 aliphatic rings. The SMILES string of the molecule is O=C(CCN1CCN(c2cccc3c2OCCO3)CC1)c1csc2ccccc12. The minimum atomic E-state index is 0.243. The standard InChI is InChI=1S/C23H24N2O3S/c26-20(18-16-29-22-7-2-1-4-17(18)22)8-9-24-10-12-25(13-11-24)19-5-3-6-21-23(19)28-15-14-27-21/h1-7,16H,8-15H2. The molecule has 0 bridgehead atoms. The molecule has 3 aromatic rings. The lowest BCUT2D eigenvalue weighted by molar-refractivity contribution is 0.0964. The van der Waals surface area contributed by atoms with Gasteiger partial charge in [-0.2, -0.15) is 0 Å². The van der Waals surface area contributed by atoms with Gasteiger partial charge >= 0.3 is 0 Å². The van der Waals surface area contributed by atoms with Gasteiger partial charge in [0.15, 0.2) is 17.3 Å². The third-order valence-corrected chi connectivity index (χ3v) is 6.66. The molecule has 2 aromatic carbocycles. The molecule has 6 heteroatoms. The van der Waals surface area contributed by atoms with E-state index in [9.17, 15) is 4.79 Å². The zero-order valence-corrected chi connectivity index (χ0v) is 17.1. The number of carbonyl (C=O) groups excluding carboxylic acids is 1. The first kappa shape index (κ1) is 18.5. The smallest absolute Gasteiger partial charge is 0.184 e. The van der Waals surface area contributed by atoms with Gasteiger partial charge in [0.25, 0.3) is 0 Å². The van der Waals surface area contributed by atoms with Crippen LogP contribution in [-0.2, 0) is 0 Å². The number of piperazine rings is 1. The number of Topliss-reactive ketones (excluding diaryl/α,β-unsaturated/α-hetero) is 1. The van der Waals surface area contributed by atoms with E-state index in [1.807, 2.05) is 35.7 Å². The number of benzene rings is 2. The quantitative estimate of drug-likeness (QED) is 0.596. The van der Waals surface area contributed by atoms with Crippen molar-refractivity contribution >= 4 is 32.9 Å². The summed E-state index contributed by atoms with van der Waals surface area (Å²) in [5.74, 6) is 1.95. The Morgan fingerprint density at radius 3 is 2.69 bits per heavy atom. The molecule has 0 unspecified atom stereocenters. The van der Waals surface area contributed by atoms with Gasteiger partial charge in [0.1, 0.15) is 13.2 Å². The van der Waals surface area contributed by atoms with Gasteiger partial charge in [-0.15, -0.1) is 11.3 Å². The summed E-state index contributed by atoms with van der Waals surface area (Å²) in [6.07, 6.45) is 0.568. The van der Waals surface area contributed by atoms with Crippen molar-refractivity contribution in [3.05, 3.63) is 53.4 Å². The molecule has 0 spiro atoms. The summed E-state index contributed by atoms with van der Waals surface area (Å²) in [6.45, 7) is 5.76. The predicted molar refractivity (Wildman–Crippen MR) is 117 cm³/mol. The van der Waals surface area contributed by atoms with E-state index in [-0.39, 0.29) is 5.78 Å². The number of para-hydroxylation sites is 1. The van der Waals surface area contributed by atoms with E-state index < -0.39 is 0 Å². The van der Waals surface area contributed by atoms with Crippen LogP contribution in [-0.4, -0.2) is 56.6 Å². The Labute approximate surface area is 174 Å². The fraction of sp³-hybridized carbons (Fsp3) is 0.348. The van der Waals surface area contributed by atoms with Gasteiger partial charge in [0.2, 0.25) is 0 Å². The Morgan fingerprint density at radius 1 is 0.966 bits per heavy atom. The Kier molecular flexibility index (Phi) is 5.12. The van der Waals surface area contributed by atoms with Gasteiger partial charge in [-0.05, 0) is 18.2 Å². The third-order valence-electron chi connectivity index (χ3n) is 5.69. The molecular weight excluding hydrogens is 384 g/mol. The number of ketones is 1. The summed E-state index contributed by atoms with van der Waals surface area (Å²) in [6, 6.07) is 14.2. The molecule has 0 amide bonds. The van der Waals surface area contributed by atoms with Gasteiger partial charge in [-0.25, -0.2) is 0 Å². The molecule has 5 rings (SSSR count). The first-order chi connectivity index (χ1) is 14.3. The van der Waals surface area contributed by atoms with E-state index in [0.717, 1.165) is 60.9 Å². The van der Waals surface area contributed by atoms with E-state index in [1.165, 1.54) is 4.70 Å². The molecule has 29 heavy (non-hydrogen) atoms. The van der Waals surface area contributed by atoms with Gasteiger partial charge < -0.3 is 14.4 Å². The third kappa shape index (κ3) is 3.70. The van der Waals surface area contributed by atoms with Crippen molar-refractivity contribution in [2.45, 2.75) is 6.42 Å². The minimum absolute atomic E-state index is 0.243. The average Bonchev–Trinajstić information content (AvgIpc) is 3.22. The van der Waals surface area contributed by atoms with Gasteiger partial charge in [0.05, 0.1) is 5.69 Å². The van der Waals surface area contributed by atoms with Crippen molar-refractivity contribution in [2.75, 3.05) is 50.8 Å². The van der Waals surface area contributed by atoms with Crippen molar-refractivity contribution in [3.63, 3.8) is 0 Å². The topological polar surface area (TPSA) is 42.0 Å². The largest absolute Gasteiger partial charge is 0.486 e. The second-order valence-electron chi connectivity index (χ2n) is 7.45. The van der Waals surface area contributed by atoms with E-state index in [0.29, 0.717) is 19.6 Å². The maximum atomic E-state index is 12.7. The first-order valence-corrected chi connectivity index (χ1v) is 11.0. The number of thiophene rings is 1. The van der Waals surface area contributed by atoms with E-state index >= 15 is 0 Å². The normalized spacial score (nSPS) is 16.9. The van der Waals surface area contributed by atoms with Gasteiger partial charge in [-0.1, -0.05) is 24.3 Å². The molecule has 1 aromatic heterocycles. The summed E-state index contributed by atoms with van der Waals surface area (Å²) in [4.78, 5) is 17.5. The molecule has 1 fully saturated rings. The maximum absolute atomic E-state index is 12.7. The van der Waals surface area contributed by atoms with Crippen LogP contribution in [0.4, 0.5) is 5.69 Å².